The van der Waals surface area contributed by atoms with Gasteiger partial charge in [0.2, 0.25) is 10.0 Å². The van der Waals surface area contributed by atoms with Crippen molar-refractivity contribution in [3.05, 3.63) is 69.8 Å². The number of rotatable bonds is 5. The largest absolute Gasteiger partial charge is 0.487 e. The zero-order chi connectivity index (χ0) is 34.6. The van der Waals surface area contributed by atoms with Crippen LogP contribution in [0.2, 0.25) is 5.02 Å². The lowest BCUT2D eigenvalue weighted by atomic mass is 9.70. The van der Waals surface area contributed by atoms with Crippen molar-refractivity contribution in [3.8, 4) is 5.75 Å². The number of nitrogens with zero attached hydrogens (tertiary/aromatic N) is 1. The average molecular weight is 703 g/mol. The Morgan fingerprint density at radius 3 is 2.58 bits per heavy atom. The molecule has 48 heavy (non-hydrogen) atoms. The lowest BCUT2D eigenvalue weighted by molar-refractivity contribution is -0.145. The maximum Gasteiger partial charge on any atom is 0.329 e. The van der Waals surface area contributed by atoms with E-state index in [4.69, 9.17) is 21.1 Å². The summed E-state index contributed by atoms with van der Waals surface area (Å²) in [6, 6.07) is 8.74. The second kappa shape index (κ2) is 15.3. The second-order valence-corrected chi connectivity index (χ2v) is 15.6. The summed E-state index contributed by atoms with van der Waals surface area (Å²) in [6.45, 7) is 4.14. The van der Waals surface area contributed by atoms with Gasteiger partial charge >= 0.3 is 11.9 Å². The van der Waals surface area contributed by atoms with Gasteiger partial charge in [-0.3, -0.25) is 9.59 Å². The first-order chi connectivity index (χ1) is 22.8. The molecular weight excluding hydrogens is 660 g/mol. The molecule has 2 aromatic carbocycles. The number of benzene rings is 2. The zero-order valence-electron chi connectivity index (χ0n) is 27.2. The molecule has 1 saturated carbocycles. The number of carbonyl (C=O) groups excluding carboxylic acids is 1. The highest BCUT2D eigenvalue weighted by molar-refractivity contribution is 7.90. The summed E-state index contributed by atoms with van der Waals surface area (Å²) in [5.74, 6) is -3.01. The van der Waals surface area contributed by atoms with E-state index in [0.29, 0.717) is 36.0 Å². The molecule has 1 aliphatic carbocycles. The standard InChI is InChI=1S/C35H43ClN2O9S/c1-21-6-5-8-31(47-20-34(41)42)28-12-10-24(28)18-38-13-4-3-7-23-14-27(36)11-9-25(23)19-46-32-15-26(16-33(39)40)29(17-30(32)38)35(43)37-48(44,45)22(21)2/h5,8-9,11,14-15,17,21-22,24,28,31H,3-4,6-7,10,12-13,16,18-20H2,1-2H3,(H,37,43)(H,39,40)(H,41,42)/b8-5+/t21-,22+,24-,28+,31-/m0/s1. The van der Waals surface area contributed by atoms with Crippen molar-refractivity contribution in [1.29, 1.82) is 0 Å². The number of carboxylic acids is 2. The van der Waals surface area contributed by atoms with Crippen molar-refractivity contribution in [2.75, 3.05) is 24.6 Å². The first-order valence-corrected chi connectivity index (χ1v) is 18.3. The Morgan fingerprint density at radius 1 is 1.08 bits per heavy atom. The van der Waals surface area contributed by atoms with Gasteiger partial charge in [0.15, 0.2) is 0 Å². The highest BCUT2D eigenvalue weighted by atomic mass is 35.5. The summed E-state index contributed by atoms with van der Waals surface area (Å²) in [6.07, 6.45) is 7.18. The van der Waals surface area contributed by atoms with E-state index in [9.17, 15) is 33.0 Å². The minimum Gasteiger partial charge on any atom is -0.487 e. The van der Waals surface area contributed by atoms with E-state index in [1.165, 1.54) is 6.92 Å². The topological polar surface area (TPSA) is 160 Å². The molecule has 5 rings (SSSR count). The van der Waals surface area contributed by atoms with Crippen LogP contribution in [0.1, 0.15) is 73.0 Å². The predicted molar refractivity (Wildman–Crippen MR) is 181 cm³/mol. The Morgan fingerprint density at radius 2 is 1.88 bits per heavy atom. The molecule has 0 unspecified atom stereocenters. The number of carboxylic acid groups (broad SMARTS) is 2. The van der Waals surface area contributed by atoms with Gasteiger partial charge in [0, 0.05) is 23.7 Å². The van der Waals surface area contributed by atoms with Crippen molar-refractivity contribution in [2.45, 2.75) is 76.8 Å². The van der Waals surface area contributed by atoms with E-state index < -0.39 is 58.2 Å². The zero-order valence-corrected chi connectivity index (χ0v) is 28.8. The third-order valence-corrected chi connectivity index (χ3v) is 12.0. The van der Waals surface area contributed by atoms with Crippen molar-refractivity contribution < 1.29 is 42.5 Å². The molecule has 0 saturated heterocycles. The Balaban J connectivity index is 1.63. The van der Waals surface area contributed by atoms with Crippen LogP contribution in [-0.4, -0.2) is 67.5 Å². The molecule has 260 valence electrons. The first-order valence-electron chi connectivity index (χ1n) is 16.4. The molecule has 1 fully saturated rings. The minimum absolute atomic E-state index is 0.0213. The molecule has 0 spiro atoms. The lowest BCUT2D eigenvalue weighted by Gasteiger charge is -2.44. The van der Waals surface area contributed by atoms with Crippen LogP contribution in [0.5, 0.6) is 5.75 Å². The number of ether oxygens (including phenoxy) is 2. The summed E-state index contributed by atoms with van der Waals surface area (Å²) in [7, 11) is -4.17. The third kappa shape index (κ3) is 8.51. The smallest absolute Gasteiger partial charge is 0.329 e. The fraction of sp³-hybridized carbons (Fsp3) is 0.514. The number of hydrogen-bond donors (Lipinski definition) is 3. The number of aryl methyl sites for hydroxylation is 1. The molecule has 11 nitrogen and oxygen atoms in total. The van der Waals surface area contributed by atoms with Crippen LogP contribution in [0.3, 0.4) is 0 Å². The Hall–Kier alpha value is -3.61. The second-order valence-electron chi connectivity index (χ2n) is 13.1. The van der Waals surface area contributed by atoms with Crippen molar-refractivity contribution in [2.24, 2.45) is 17.8 Å². The fourth-order valence-corrected chi connectivity index (χ4v) is 8.25. The van der Waals surface area contributed by atoms with Gasteiger partial charge in [0.05, 0.1) is 23.5 Å². The quantitative estimate of drug-likeness (QED) is 0.352. The minimum atomic E-state index is -4.17. The molecule has 1 amide bonds. The van der Waals surface area contributed by atoms with E-state index in [2.05, 4.69) is 9.62 Å². The summed E-state index contributed by atoms with van der Waals surface area (Å²) >= 11 is 6.32. The van der Waals surface area contributed by atoms with E-state index in [1.807, 2.05) is 24.3 Å². The van der Waals surface area contributed by atoms with Crippen LogP contribution in [0, 0.1) is 17.8 Å². The Bertz CT molecular complexity index is 1680. The monoisotopic (exact) mass is 702 g/mol. The molecule has 2 heterocycles. The number of allylic oxidation sites excluding steroid dienone is 1. The van der Waals surface area contributed by atoms with Gasteiger partial charge in [-0.25, -0.2) is 17.9 Å². The first kappa shape index (κ1) is 35.7. The van der Waals surface area contributed by atoms with Gasteiger partial charge in [-0.1, -0.05) is 36.7 Å². The molecule has 3 aliphatic rings. The number of amides is 1. The molecule has 3 N–H and O–H groups in total. The van der Waals surface area contributed by atoms with Crippen LogP contribution in [0.4, 0.5) is 5.69 Å². The molecule has 0 radical (unpaired) electrons. The Kier molecular flexibility index (Phi) is 11.4. The van der Waals surface area contributed by atoms with Crippen LogP contribution >= 0.6 is 11.6 Å². The highest BCUT2D eigenvalue weighted by Gasteiger charge is 2.39. The van der Waals surface area contributed by atoms with Gasteiger partial charge in [-0.15, -0.1) is 0 Å². The van der Waals surface area contributed by atoms with Crippen LogP contribution in [0.15, 0.2) is 42.5 Å². The molecule has 0 aromatic heterocycles. The number of hydrogen-bond acceptors (Lipinski definition) is 8. The summed E-state index contributed by atoms with van der Waals surface area (Å²) in [5.41, 5.74) is 2.64. The van der Waals surface area contributed by atoms with Crippen molar-refractivity contribution >= 4 is 45.2 Å². The summed E-state index contributed by atoms with van der Waals surface area (Å²) in [5, 5.41) is 18.8. The van der Waals surface area contributed by atoms with E-state index in [0.717, 1.165) is 43.2 Å². The Labute approximate surface area is 286 Å². The van der Waals surface area contributed by atoms with Gasteiger partial charge in [-0.2, -0.15) is 0 Å². The molecule has 2 bridgehead atoms. The van der Waals surface area contributed by atoms with E-state index in [-0.39, 0.29) is 29.6 Å². The maximum absolute atomic E-state index is 13.8. The van der Waals surface area contributed by atoms with E-state index in [1.54, 1.807) is 25.1 Å². The van der Waals surface area contributed by atoms with Crippen LogP contribution in [-0.2, 0) is 43.8 Å². The van der Waals surface area contributed by atoms with Crippen LogP contribution < -0.4 is 14.4 Å². The number of sulfonamides is 1. The number of anilines is 1. The number of halogens is 1. The fourth-order valence-electron chi connectivity index (χ4n) is 6.77. The number of fused-ring (bicyclic) bond motifs is 3. The summed E-state index contributed by atoms with van der Waals surface area (Å²) < 4.78 is 41.4. The molecule has 2 aromatic rings. The normalized spacial score (nSPS) is 26.7. The highest BCUT2D eigenvalue weighted by Crippen LogP contribution is 2.42. The average Bonchev–Trinajstić information content (AvgIpc) is 3.03. The number of carbonyl (C=O) groups is 3. The van der Waals surface area contributed by atoms with E-state index >= 15 is 0 Å². The summed E-state index contributed by atoms with van der Waals surface area (Å²) in [4.78, 5) is 39.3. The van der Waals surface area contributed by atoms with Crippen molar-refractivity contribution in [1.82, 2.24) is 4.72 Å². The third-order valence-electron chi connectivity index (χ3n) is 9.90. The van der Waals surface area contributed by atoms with Gasteiger partial charge in [0.25, 0.3) is 5.91 Å². The molecule has 13 heteroatoms. The number of nitrogens with one attached hydrogen (secondary N) is 1. The number of aliphatic carboxylic acids is 2. The predicted octanol–water partition coefficient (Wildman–Crippen LogP) is 5.23. The molecular formula is C35H43ClN2O9S. The van der Waals surface area contributed by atoms with Crippen molar-refractivity contribution in [3.63, 3.8) is 0 Å². The molecule has 2 aliphatic heterocycles. The van der Waals surface area contributed by atoms with Gasteiger partial charge < -0.3 is 24.6 Å². The lowest BCUT2D eigenvalue weighted by Crippen LogP contribution is -2.44. The maximum atomic E-state index is 13.8. The molecule has 5 atom stereocenters. The van der Waals surface area contributed by atoms with Crippen LogP contribution in [0.25, 0.3) is 0 Å². The SMILES string of the molecule is C[C@@H]1[C@@H](C)C/C=C/[C@H](OCC(=O)O)[C@@H]2CC[C@H]2CN2CCCCc3cc(Cl)ccc3COc3cc(CC(=O)O)c(cc32)C(=O)NS1(=O)=O. The van der Waals surface area contributed by atoms with Gasteiger partial charge in [-0.05, 0) is 104 Å². The van der Waals surface area contributed by atoms with Gasteiger partial charge in [0.1, 0.15) is 19.0 Å².